The van der Waals surface area contributed by atoms with E-state index < -0.39 is 10.0 Å². The highest BCUT2D eigenvalue weighted by Crippen LogP contribution is 2.25. The van der Waals surface area contributed by atoms with Gasteiger partial charge < -0.3 is 5.32 Å². The molecule has 1 heterocycles. The van der Waals surface area contributed by atoms with Gasteiger partial charge in [0.2, 0.25) is 15.9 Å². The zero-order valence-corrected chi connectivity index (χ0v) is 15.8. The van der Waals surface area contributed by atoms with Crippen molar-refractivity contribution in [3.63, 3.8) is 0 Å². The fourth-order valence-corrected chi connectivity index (χ4v) is 4.01. The quantitative estimate of drug-likeness (QED) is 0.906. The van der Waals surface area contributed by atoms with E-state index in [9.17, 15) is 13.2 Å². The topological polar surface area (TPSA) is 66.5 Å². The average molecular weight is 353 g/mol. The maximum Gasteiger partial charge on any atom is 0.227 e. The van der Waals surface area contributed by atoms with Gasteiger partial charge in [-0.2, -0.15) is 0 Å². The van der Waals surface area contributed by atoms with E-state index in [0.29, 0.717) is 25.9 Å². The standard InChI is InChI=1S/C18H28N2O3S/c1-5-24(22,23)20-12-10-14(11-13-20)17(21)19-16-8-6-15(7-9-16)18(2,3)4/h6-9,14H,5,10-13H2,1-4H3,(H,19,21). The van der Waals surface area contributed by atoms with Gasteiger partial charge in [0.1, 0.15) is 0 Å². The molecule has 6 heteroatoms. The molecule has 1 fully saturated rings. The number of rotatable bonds is 4. The van der Waals surface area contributed by atoms with E-state index in [4.69, 9.17) is 0 Å². The molecule has 0 radical (unpaired) electrons. The Morgan fingerprint density at radius 2 is 1.71 bits per heavy atom. The van der Waals surface area contributed by atoms with Crippen LogP contribution in [0.5, 0.6) is 0 Å². The molecule has 1 amide bonds. The minimum atomic E-state index is -3.15. The Hall–Kier alpha value is -1.40. The summed E-state index contributed by atoms with van der Waals surface area (Å²) in [6.07, 6.45) is 1.15. The molecule has 1 aromatic carbocycles. The van der Waals surface area contributed by atoms with Crippen molar-refractivity contribution in [3.8, 4) is 0 Å². The van der Waals surface area contributed by atoms with Crippen LogP contribution in [0.3, 0.4) is 0 Å². The number of benzene rings is 1. The third-order valence-electron chi connectivity index (χ3n) is 4.60. The summed E-state index contributed by atoms with van der Waals surface area (Å²) in [4.78, 5) is 12.4. The zero-order valence-electron chi connectivity index (χ0n) is 15.0. The Morgan fingerprint density at radius 3 is 2.17 bits per heavy atom. The van der Waals surface area contributed by atoms with Crippen molar-refractivity contribution in [1.29, 1.82) is 0 Å². The first kappa shape index (κ1) is 18.9. The van der Waals surface area contributed by atoms with Crippen LogP contribution in [0.1, 0.15) is 46.1 Å². The summed E-state index contributed by atoms with van der Waals surface area (Å²) in [5, 5.41) is 2.95. The van der Waals surface area contributed by atoms with Gasteiger partial charge in [-0.15, -0.1) is 0 Å². The predicted octanol–water partition coefficient (Wildman–Crippen LogP) is 2.98. The number of piperidine rings is 1. The number of nitrogens with zero attached hydrogens (tertiary/aromatic N) is 1. The van der Waals surface area contributed by atoms with Crippen LogP contribution in [0.4, 0.5) is 5.69 Å². The summed E-state index contributed by atoms with van der Waals surface area (Å²) in [6, 6.07) is 7.92. The van der Waals surface area contributed by atoms with E-state index in [2.05, 4.69) is 26.1 Å². The first-order chi connectivity index (χ1) is 11.1. The summed E-state index contributed by atoms with van der Waals surface area (Å²) in [7, 11) is -3.15. The van der Waals surface area contributed by atoms with Crippen LogP contribution in [0.15, 0.2) is 24.3 Å². The molecular weight excluding hydrogens is 324 g/mol. The van der Waals surface area contributed by atoms with Gasteiger partial charge in [-0.05, 0) is 42.9 Å². The number of nitrogens with one attached hydrogen (secondary N) is 1. The second kappa shape index (κ2) is 7.23. The lowest BCUT2D eigenvalue weighted by Crippen LogP contribution is -2.42. The zero-order chi connectivity index (χ0) is 18.0. The van der Waals surface area contributed by atoms with Crippen LogP contribution in [0.2, 0.25) is 0 Å². The molecule has 0 spiro atoms. The van der Waals surface area contributed by atoms with Gasteiger partial charge in [0.15, 0.2) is 0 Å². The molecule has 0 atom stereocenters. The highest BCUT2D eigenvalue weighted by molar-refractivity contribution is 7.89. The fourth-order valence-electron chi connectivity index (χ4n) is 2.88. The lowest BCUT2D eigenvalue weighted by Gasteiger charge is -2.30. The minimum Gasteiger partial charge on any atom is -0.326 e. The Morgan fingerprint density at radius 1 is 1.17 bits per heavy atom. The molecule has 134 valence electrons. The molecule has 0 aromatic heterocycles. The molecule has 0 aliphatic carbocycles. The second-order valence-corrected chi connectivity index (χ2v) is 9.65. The van der Waals surface area contributed by atoms with E-state index in [-0.39, 0.29) is 23.0 Å². The number of amides is 1. The normalized spacial score (nSPS) is 17.7. The minimum absolute atomic E-state index is 0.0212. The number of sulfonamides is 1. The fraction of sp³-hybridized carbons (Fsp3) is 0.611. The van der Waals surface area contributed by atoms with E-state index in [1.54, 1.807) is 6.92 Å². The first-order valence-corrected chi connectivity index (χ1v) is 10.1. The highest BCUT2D eigenvalue weighted by Gasteiger charge is 2.30. The van der Waals surface area contributed by atoms with Gasteiger partial charge in [-0.1, -0.05) is 32.9 Å². The highest BCUT2D eigenvalue weighted by atomic mass is 32.2. The van der Waals surface area contributed by atoms with Gasteiger partial charge in [-0.3, -0.25) is 4.79 Å². The number of hydrogen-bond acceptors (Lipinski definition) is 3. The molecule has 1 aromatic rings. The predicted molar refractivity (Wildman–Crippen MR) is 97.5 cm³/mol. The summed E-state index contributed by atoms with van der Waals surface area (Å²) >= 11 is 0. The van der Waals surface area contributed by atoms with E-state index in [1.165, 1.54) is 9.87 Å². The van der Waals surface area contributed by atoms with Crippen LogP contribution in [-0.4, -0.2) is 37.5 Å². The first-order valence-electron chi connectivity index (χ1n) is 8.52. The van der Waals surface area contributed by atoms with Crippen molar-refractivity contribution in [1.82, 2.24) is 4.31 Å². The number of anilines is 1. The molecule has 1 aliphatic rings. The summed E-state index contributed by atoms with van der Waals surface area (Å²) in [5.41, 5.74) is 2.09. The third kappa shape index (κ3) is 4.57. The number of hydrogen-bond donors (Lipinski definition) is 1. The van der Waals surface area contributed by atoms with Gasteiger partial charge in [0, 0.05) is 24.7 Å². The van der Waals surface area contributed by atoms with Crippen molar-refractivity contribution in [2.24, 2.45) is 5.92 Å². The van der Waals surface area contributed by atoms with Crippen molar-refractivity contribution < 1.29 is 13.2 Å². The Labute approximate surface area is 145 Å². The van der Waals surface area contributed by atoms with E-state index in [0.717, 1.165) is 5.69 Å². The van der Waals surface area contributed by atoms with Gasteiger partial charge in [0.25, 0.3) is 0 Å². The van der Waals surface area contributed by atoms with Crippen LogP contribution in [-0.2, 0) is 20.2 Å². The third-order valence-corrected chi connectivity index (χ3v) is 6.48. The maximum absolute atomic E-state index is 12.4. The molecule has 0 bridgehead atoms. The van der Waals surface area contributed by atoms with Crippen molar-refractivity contribution >= 4 is 21.6 Å². The summed E-state index contributed by atoms with van der Waals surface area (Å²) in [6.45, 7) is 8.96. The lowest BCUT2D eigenvalue weighted by atomic mass is 9.87. The van der Waals surface area contributed by atoms with Crippen molar-refractivity contribution in [2.45, 2.75) is 46.0 Å². The largest absolute Gasteiger partial charge is 0.326 e. The Balaban J connectivity index is 1.92. The summed E-state index contributed by atoms with van der Waals surface area (Å²) in [5.74, 6) is -0.0353. The van der Waals surface area contributed by atoms with E-state index >= 15 is 0 Å². The lowest BCUT2D eigenvalue weighted by molar-refractivity contribution is -0.120. The van der Waals surface area contributed by atoms with Crippen molar-refractivity contribution in [2.75, 3.05) is 24.2 Å². The van der Waals surface area contributed by atoms with Crippen LogP contribution < -0.4 is 5.32 Å². The summed E-state index contributed by atoms with van der Waals surface area (Å²) < 4.78 is 25.2. The molecule has 1 N–H and O–H groups in total. The van der Waals surface area contributed by atoms with Gasteiger partial charge in [-0.25, -0.2) is 12.7 Å². The smallest absolute Gasteiger partial charge is 0.227 e. The SMILES string of the molecule is CCS(=O)(=O)N1CCC(C(=O)Nc2ccc(C(C)(C)C)cc2)CC1. The molecule has 5 nitrogen and oxygen atoms in total. The van der Waals surface area contributed by atoms with Crippen LogP contribution >= 0.6 is 0 Å². The van der Waals surface area contributed by atoms with Gasteiger partial charge in [0.05, 0.1) is 5.75 Å². The Bertz CT molecular complexity index is 667. The van der Waals surface area contributed by atoms with Gasteiger partial charge >= 0.3 is 0 Å². The second-order valence-electron chi connectivity index (χ2n) is 7.39. The number of carbonyl (C=O) groups excluding carboxylic acids is 1. The molecule has 0 saturated carbocycles. The maximum atomic E-state index is 12.4. The molecule has 2 rings (SSSR count). The van der Waals surface area contributed by atoms with E-state index in [1.807, 2.05) is 24.3 Å². The van der Waals surface area contributed by atoms with Crippen LogP contribution in [0.25, 0.3) is 0 Å². The van der Waals surface area contributed by atoms with Crippen LogP contribution in [0, 0.1) is 5.92 Å². The molecule has 24 heavy (non-hydrogen) atoms. The van der Waals surface area contributed by atoms with Crippen molar-refractivity contribution in [3.05, 3.63) is 29.8 Å². The number of carbonyl (C=O) groups is 1. The molecule has 1 aliphatic heterocycles. The monoisotopic (exact) mass is 352 g/mol. The Kier molecular flexibility index (Phi) is 5.71. The molecular formula is C18H28N2O3S. The molecule has 1 saturated heterocycles. The molecule has 0 unspecified atom stereocenters. The average Bonchev–Trinajstić information content (AvgIpc) is 2.54.